The van der Waals surface area contributed by atoms with Gasteiger partial charge in [0.05, 0.1) is 6.61 Å². The first-order valence-corrected chi connectivity index (χ1v) is 8.14. The van der Waals surface area contributed by atoms with E-state index in [-0.39, 0.29) is 0 Å². The molecule has 1 N–H and O–H groups in total. The van der Waals surface area contributed by atoms with E-state index in [1.165, 1.54) is 30.4 Å². The van der Waals surface area contributed by atoms with Crippen molar-refractivity contribution in [1.82, 2.24) is 5.32 Å². The molecule has 0 atom stereocenters. The lowest BCUT2D eigenvalue weighted by Crippen LogP contribution is -2.14. The van der Waals surface area contributed by atoms with Gasteiger partial charge in [-0.25, -0.2) is 0 Å². The summed E-state index contributed by atoms with van der Waals surface area (Å²) in [5.74, 6) is 0. The van der Waals surface area contributed by atoms with Crippen LogP contribution < -0.4 is 5.32 Å². The number of methoxy groups -OCH3 is 1. The third-order valence-corrected chi connectivity index (χ3v) is 2.62. The molecule has 1 aromatic rings. The molecule has 0 aliphatic heterocycles. The first-order chi connectivity index (χ1) is 9.86. The minimum atomic E-state index is 0.699. The Bertz CT molecular complexity index is 269. The number of benzene rings is 1. The molecule has 0 radical (unpaired) electrons. The topological polar surface area (TPSA) is 21.3 Å². The summed E-state index contributed by atoms with van der Waals surface area (Å²) in [7, 11) is 1.73. The highest BCUT2D eigenvalue weighted by atomic mass is 16.5. The molecule has 0 fully saturated rings. The molecule has 20 heavy (non-hydrogen) atoms. The van der Waals surface area contributed by atoms with Crippen LogP contribution in [-0.4, -0.2) is 13.7 Å². The molecule has 0 saturated carbocycles. The Morgan fingerprint density at radius 2 is 1.45 bits per heavy atom. The third kappa shape index (κ3) is 12.2. The maximum Gasteiger partial charge on any atom is 0.0713 e. The van der Waals surface area contributed by atoms with Gasteiger partial charge in [-0.1, -0.05) is 71.7 Å². The van der Waals surface area contributed by atoms with Crippen LogP contribution in [0.1, 0.15) is 65.0 Å². The van der Waals surface area contributed by atoms with Crippen molar-refractivity contribution >= 4 is 0 Å². The minimum absolute atomic E-state index is 0.699. The smallest absolute Gasteiger partial charge is 0.0713 e. The van der Waals surface area contributed by atoms with Crippen LogP contribution in [0.4, 0.5) is 0 Å². The molecule has 0 aliphatic rings. The normalized spacial score (nSPS) is 9.10. The van der Waals surface area contributed by atoms with Crippen LogP contribution in [0.3, 0.4) is 0 Å². The summed E-state index contributed by atoms with van der Waals surface area (Å²) in [6.07, 6.45) is 3.88. The van der Waals surface area contributed by atoms with E-state index < -0.39 is 0 Å². The Balaban J connectivity index is 0. The molecule has 0 bridgehead atoms. The predicted octanol–water partition coefficient (Wildman–Crippen LogP) is 5.17. The maximum absolute atomic E-state index is 5.08. The quantitative estimate of drug-likeness (QED) is 0.664. The van der Waals surface area contributed by atoms with Crippen LogP contribution in [0.5, 0.6) is 0 Å². The molecule has 0 unspecified atom stereocenters. The fourth-order valence-corrected chi connectivity index (χ4v) is 1.65. The van der Waals surface area contributed by atoms with Gasteiger partial charge < -0.3 is 10.1 Å². The second-order valence-electron chi connectivity index (χ2n) is 4.13. The predicted molar refractivity (Wildman–Crippen MR) is 91.1 cm³/mol. The lowest BCUT2D eigenvalue weighted by Gasteiger charge is -2.05. The van der Waals surface area contributed by atoms with E-state index in [0.717, 1.165) is 13.1 Å². The summed E-state index contributed by atoms with van der Waals surface area (Å²) in [6.45, 7) is 13.0. The van der Waals surface area contributed by atoms with Gasteiger partial charge in [0.2, 0.25) is 0 Å². The molecular weight excluding hydrogens is 246 g/mol. The zero-order valence-corrected chi connectivity index (χ0v) is 14.5. The van der Waals surface area contributed by atoms with E-state index in [2.05, 4.69) is 36.5 Å². The summed E-state index contributed by atoms with van der Waals surface area (Å²) in [6, 6.07) is 8.60. The van der Waals surface area contributed by atoms with Crippen molar-refractivity contribution in [1.29, 1.82) is 0 Å². The fourth-order valence-electron chi connectivity index (χ4n) is 1.65. The van der Waals surface area contributed by atoms with E-state index in [1.807, 2.05) is 27.7 Å². The molecule has 0 saturated heterocycles. The van der Waals surface area contributed by atoms with Gasteiger partial charge in [-0.15, -0.1) is 0 Å². The van der Waals surface area contributed by atoms with Gasteiger partial charge in [0.1, 0.15) is 0 Å². The van der Waals surface area contributed by atoms with Gasteiger partial charge in [-0.05, 0) is 24.1 Å². The van der Waals surface area contributed by atoms with Crippen molar-refractivity contribution in [3.8, 4) is 0 Å². The highest BCUT2D eigenvalue weighted by Crippen LogP contribution is 2.05. The van der Waals surface area contributed by atoms with Crippen LogP contribution in [0.2, 0.25) is 0 Å². The second kappa shape index (κ2) is 18.1. The number of rotatable bonds is 8. The largest absolute Gasteiger partial charge is 0.380 e. The molecule has 0 spiro atoms. The van der Waals surface area contributed by atoms with Crippen LogP contribution in [0, 0.1) is 0 Å². The molecule has 0 amide bonds. The number of unbranched alkanes of at least 4 members (excludes halogenated alkanes) is 2. The van der Waals surface area contributed by atoms with Crippen molar-refractivity contribution in [2.45, 2.75) is 67.0 Å². The van der Waals surface area contributed by atoms with Gasteiger partial charge in [0.25, 0.3) is 0 Å². The summed E-state index contributed by atoms with van der Waals surface area (Å²) >= 11 is 0. The lowest BCUT2D eigenvalue weighted by molar-refractivity contribution is 0.185. The Morgan fingerprint density at radius 3 is 1.95 bits per heavy atom. The van der Waals surface area contributed by atoms with Crippen molar-refractivity contribution in [3.05, 3.63) is 35.4 Å². The number of hydrogen-bond donors (Lipinski definition) is 1. The Morgan fingerprint density at radius 1 is 0.900 bits per heavy atom. The summed E-state index contributed by atoms with van der Waals surface area (Å²) in [5, 5.41) is 3.46. The number of nitrogens with one attached hydrogen (secondary N) is 1. The summed E-state index contributed by atoms with van der Waals surface area (Å²) in [4.78, 5) is 0. The van der Waals surface area contributed by atoms with Gasteiger partial charge in [0.15, 0.2) is 0 Å². The van der Waals surface area contributed by atoms with Crippen LogP contribution >= 0.6 is 0 Å². The van der Waals surface area contributed by atoms with Crippen molar-refractivity contribution < 1.29 is 4.74 Å². The monoisotopic (exact) mass is 281 g/mol. The number of hydrogen-bond acceptors (Lipinski definition) is 2. The van der Waals surface area contributed by atoms with Gasteiger partial charge >= 0.3 is 0 Å². The minimum Gasteiger partial charge on any atom is -0.380 e. The van der Waals surface area contributed by atoms with Gasteiger partial charge in [-0.2, -0.15) is 0 Å². The van der Waals surface area contributed by atoms with Crippen molar-refractivity contribution in [3.63, 3.8) is 0 Å². The van der Waals surface area contributed by atoms with Crippen molar-refractivity contribution in [2.24, 2.45) is 0 Å². The molecule has 0 heterocycles. The van der Waals surface area contributed by atoms with E-state index in [9.17, 15) is 0 Å². The van der Waals surface area contributed by atoms with E-state index >= 15 is 0 Å². The molecule has 118 valence electrons. The van der Waals surface area contributed by atoms with E-state index in [0.29, 0.717) is 6.61 Å². The van der Waals surface area contributed by atoms with Crippen LogP contribution in [-0.2, 0) is 17.9 Å². The molecule has 1 rings (SSSR count). The van der Waals surface area contributed by atoms with Gasteiger partial charge in [-0.3, -0.25) is 0 Å². The molecule has 0 aliphatic carbocycles. The van der Waals surface area contributed by atoms with Crippen LogP contribution in [0.15, 0.2) is 24.3 Å². The Hall–Kier alpha value is -0.860. The molecule has 0 aromatic heterocycles. The molecule has 2 heteroatoms. The standard InChI is InChI=1S/C14H23NO.2C2H6/c1-3-4-5-10-15-11-13-6-8-14(9-7-13)12-16-2;2*1-2/h6-9,15H,3-5,10-12H2,1-2H3;2*1-2H3. The van der Waals surface area contributed by atoms with Crippen molar-refractivity contribution in [2.75, 3.05) is 13.7 Å². The SMILES string of the molecule is CC.CC.CCCCCNCc1ccc(COC)cc1. The van der Waals surface area contributed by atoms with Crippen LogP contribution in [0.25, 0.3) is 0 Å². The van der Waals surface area contributed by atoms with Gasteiger partial charge in [0, 0.05) is 13.7 Å². The average molecular weight is 281 g/mol. The third-order valence-electron chi connectivity index (χ3n) is 2.62. The van der Waals surface area contributed by atoms with E-state index in [4.69, 9.17) is 4.74 Å². The highest BCUT2D eigenvalue weighted by Gasteiger charge is 1.94. The first-order valence-electron chi connectivity index (χ1n) is 8.14. The zero-order chi connectivity index (χ0) is 15.6. The first kappa shape index (κ1) is 21.4. The zero-order valence-electron chi connectivity index (χ0n) is 14.5. The average Bonchev–Trinajstić information content (AvgIpc) is 2.53. The summed E-state index contributed by atoms with van der Waals surface area (Å²) in [5.41, 5.74) is 2.58. The Labute approximate surface area is 126 Å². The molecular formula is C18H35NO. The highest BCUT2D eigenvalue weighted by molar-refractivity contribution is 5.21. The number of ether oxygens (including phenoxy) is 1. The van der Waals surface area contributed by atoms with E-state index in [1.54, 1.807) is 7.11 Å². The molecule has 2 nitrogen and oxygen atoms in total. The lowest BCUT2D eigenvalue weighted by atomic mass is 10.1. The fraction of sp³-hybridized carbons (Fsp3) is 0.667. The second-order valence-corrected chi connectivity index (χ2v) is 4.13. The molecule has 1 aromatic carbocycles. The summed E-state index contributed by atoms with van der Waals surface area (Å²) < 4.78 is 5.08. The Kier molecular flexibility index (Phi) is 19.4. The maximum atomic E-state index is 5.08.